The summed E-state index contributed by atoms with van der Waals surface area (Å²) >= 11 is 6.42. The number of carbonyl (C=O) groups excluding carboxylic acids is 1. The van der Waals surface area contributed by atoms with Crippen molar-refractivity contribution in [3.63, 3.8) is 0 Å². The summed E-state index contributed by atoms with van der Waals surface area (Å²) in [6, 6.07) is 16.2. The zero-order valence-electron chi connectivity index (χ0n) is 17.5. The van der Waals surface area contributed by atoms with Crippen molar-refractivity contribution in [2.75, 3.05) is 38.0 Å². The van der Waals surface area contributed by atoms with E-state index in [1.165, 1.54) is 0 Å². The maximum atomic E-state index is 12.5. The molecule has 3 aromatic rings. The Morgan fingerprint density at radius 2 is 1.67 bits per heavy atom. The number of benzene rings is 2. The van der Waals surface area contributed by atoms with Crippen molar-refractivity contribution in [1.82, 2.24) is 14.8 Å². The van der Waals surface area contributed by atoms with Crippen LogP contribution < -0.4 is 5.32 Å². The fourth-order valence-corrected chi connectivity index (χ4v) is 4.19. The van der Waals surface area contributed by atoms with Crippen LogP contribution in [0.5, 0.6) is 0 Å². The van der Waals surface area contributed by atoms with Gasteiger partial charge in [-0.15, -0.1) is 0 Å². The molecule has 2 aromatic carbocycles. The van der Waals surface area contributed by atoms with E-state index in [2.05, 4.69) is 32.2 Å². The van der Waals surface area contributed by atoms with Gasteiger partial charge in [-0.05, 0) is 37.1 Å². The van der Waals surface area contributed by atoms with E-state index in [4.69, 9.17) is 11.6 Å². The number of halogens is 1. The zero-order valence-corrected chi connectivity index (χ0v) is 18.2. The molecule has 0 atom stereocenters. The molecule has 1 aromatic heterocycles. The van der Waals surface area contributed by atoms with E-state index in [1.54, 1.807) is 0 Å². The number of nitrogens with one attached hydrogen (secondary N) is 1. The number of para-hydroxylation sites is 2. The summed E-state index contributed by atoms with van der Waals surface area (Å²) < 4.78 is 0. The number of aromatic nitrogens is 1. The molecule has 0 bridgehead atoms. The molecular formula is C24H27ClN4O. The lowest BCUT2D eigenvalue weighted by Crippen LogP contribution is -2.48. The van der Waals surface area contributed by atoms with Crippen LogP contribution in [0.3, 0.4) is 0 Å². The Morgan fingerprint density at radius 1 is 1.00 bits per heavy atom. The van der Waals surface area contributed by atoms with Crippen LogP contribution in [0.25, 0.3) is 10.9 Å². The van der Waals surface area contributed by atoms with E-state index >= 15 is 0 Å². The van der Waals surface area contributed by atoms with Crippen LogP contribution >= 0.6 is 11.6 Å². The van der Waals surface area contributed by atoms with Gasteiger partial charge >= 0.3 is 0 Å². The molecule has 0 spiro atoms. The molecule has 1 aliphatic rings. The third-order valence-corrected chi connectivity index (χ3v) is 6.05. The Hall–Kier alpha value is -2.47. The molecular weight excluding hydrogens is 396 g/mol. The number of rotatable bonds is 5. The molecule has 0 saturated carbocycles. The van der Waals surface area contributed by atoms with Crippen LogP contribution in [0.15, 0.2) is 48.5 Å². The molecule has 6 heteroatoms. The molecule has 156 valence electrons. The van der Waals surface area contributed by atoms with E-state index in [0.717, 1.165) is 66.0 Å². The highest BCUT2D eigenvalue weighted by molar-refractivity contribution is 6.30. The molecule has 1 amide bonds. The van der Waals surface area contributed by atoms with Crippen molar-refractivity contribution >= 4 is 34.1 Å². The van der Waals surface area contributed by atoms with Crippen molar-refractivity contribution in [1.29, 1.82) is 0 Å². The number of aryl methyl sites for hydroxylation is 2. The lowest BCUT2D eigenvalue weighted by Gasteiger charge is -2.34. The normalized spacial score (nSPS) is 15.4. The minimum Gasteiger partial charge on any atom is -0.324 e. The Labute approximate surface area is 182 Å². The maximum Gasteiger partial charge on any atom is 0.238 e. The van der Waals surface area contributed by atoms with Gasteiger partial charge in [0.2, 0.25) is 5.91 Å². The quantitative estimate of drug-likeness (QED) is 0.624. The van der Waals surface area contributed by atoms with Crippen molar-refractivity contribution in [2.24, 2.45) is 0 Å². The van der Waals surface area contributed by atoms with E-state index in [9.17, 15) is 4.79 Å². The second-order valence-corrected chi connectivity index (χ2v) is 8.36. The molecule has 1 saturated heterocycles. The fourth-order valence-electron chi connectivity index (χ4n) is 3.99. The molecule has 1 fully saturated rings. The largest absolute Gasteiger partial charge is 0.324 e. The number of amides is 1. The lowest BCUT2D eigenvalue weighted by atomic mass is 10.1. The molecule has 1 N–H and O–H groups in total. The molecule has 5 nitrogen and oxygen atoms in total. The van der Waals surface area contributed by atoms with Crippen LogP contribution in [-0.2, 0) is 11.3 Å². The van der Waals surface area contributed by atoms with E-state index < -0.39 is 0 Å². The van der Waals surface area contributed by atoms with Gasteiger partial charge in [-0.2, -0.15) is 0 Å². The van der Waals surface area contributed by atoms with Gasteiger partial charge in [0.25, 0.3) is 0 Å². The Balaban J connectivity index is 1.31. The second kappa shape index (κ2) is 9.13. The third kappa shape index (κ3) is 4.81. The summed E-state index contributed by atoms with van der Waals surface area (Å²) in [4.78, 5) is 21.6. The number of carbonyl (C=O) groups is 1. The first-order chi connectivity index (χ1) is 14.5. The Morgan fingerprint density at radius 3 is 2.40 bits per heavy atom. The molecule has 0 unspecified atom stereocenters. The minimum absolute atomic E-state index is 0.0441. The van der Waals surface area contributed by atoms with Crippen LogP contribution in [0.1, 0.15) is 16.7 Å². The fraction of sp³-hybridized carbons (Fsp3) is 0.333. The first kappa shape index (κ1) is 20.8. The molecule has 0 radical (unpaired) electrons. The number of anilines is 1. The van der Waals surface area contributed by atoms with Crippen LogP contribution in [0.2, 0.25) is 5.15 Å². The van der Waals surface area contributed by atoms with Gasteiger partial charge in [0.15, 0.2) is 0 Å². The second-order valence-electron chi connectivity index (χ2n) is 8.00. The van der Waals surface area contributed by atoms with Crippen LogP contribution in [0.4, 0.5) is 5.69 Å². The van der Waals surface area contributed by atoms with Gasteiger partial charge in [-0.25, -0.2) is 4.98 Å². The van der Waals surface area contributed by atoms with Crippen molar-refractivity contribution < 1.29 is 4.79 Å². The molecule has 30 heavy (non-hydrogen) atoms. The summed E-state index contributed by atoms with van der Waals surface area (Å²) in [6.07, 6.45) is 0. The average Bonchev–Trinajstić information content (AvgIpc) is 2.73. The van der Waals surface area contributed by atoms with Crippen molar-refractivity contribution in [3.8, 4) is 0 Å². The third-order valence-electron chi connectivity index (χ3n) is 5.72. The monoisotopic (exact) mass is 422 g/mol. The zero-order chi connectivity index (χ0) is 21.1. The first-order valence-corrected chi connectivity index (χ1v) is 10.7. The topological polar surface area (TPSA) is 48.5 Å². The number of piperazine rings is 1. The summed E-state index contributed by atoms with van der Waals surface area (Å²) in [5.74, 6) is 0.0441. The van der Waals surface area contributed by atoms with E-state index in [-0.39, 0.29) is 5.91 Å². The predicted molar refractivity (Wildman–Crippen MR) is 123 cm³/mol. The Bertz CT molecular complexity index is 1040. The number of nitrogens with zero attached hydrogens (tertiary/aromatic N) is 3. The summed E-state index contributed by atoms with van der Waals surface area (Å²) in [7, 11) is 0. The standard InChI is InChI=1S/C24H27ClN4O/c1-17-6-5-7-18(2)23(17)27-22(30)16-29-12-10-28(11-13-29)15-20-14-19-8-3-4-9-21(19)26-24(20)25/h3-9,14H,10-13,15-16H2,1-2H3,(H,27,30). The highest BCUT2D eigenvalue weighted by atomic mass is 35.5. The van der Waals surface area contributed by atoms with Gasteiger partial charge < -0.3 is 5.32 Å². The average molecular weight is 423 g/mol. The number of hydrogen-bond donors (Lipinski definition) is 1. The highest BCUT2D eigenvalue weighted by Crippen LogP contribution is 2.22. The van der Waals surface area contributed by atoms with Crippen LogP contribution in [0, 0.1) is 13.8 Å². The molecule has 2 heterocycles. The predicted octanol–water partition coefficient (Wildman–Crippen LogP) is 4.26. The van der Waals surface area contributed by atoms with Crippen molar-refractivity contribution in [2.45, 2.75) is 20.4 Å². The SMILES string of the molecule is Cc1cccc(C)c1NC(=O)CN1CCN(Cc2cc3ccccc3nc2Cl)CC1. The smallest absolute Gasteiger partial charge is 0.238 e. The van der Waals surface area contributed by atoms with E-state index in [0.29, 0.717) is 11.7 Å². The lowest BCUT2D eigenvalue weighted by molar-refractivity contribution is -0.117. The maximum absolute atomic E-state index is 12.5. The van der Waals surface area contributed by atoms with Gasteiger partial charge in [-0.3, -0.25) is 14.6 Å². The highest BCUT2D eigenvalue weighted by Gasteiger charge is 2.20. The number of fused-ring (bicyclic) bond motifs is 1. The minimum atomic E-state index is 0.0441. The van der Waals surface area contributed by atoms with Gasteiger partial charge in [0.05, 0.1) is 12.1 Å². The summed E-state index contributed by atoms with van der Waals surface area (Å²) in [5.41, 5.74) is 5.09. The molecule has 4 rings (SSSR count). The Kier molecular flexibility index (Phi) is 6.32. The number of hydrogen-bond acceptors (Lipinski definition) is 4. The van der Waals surface area contributed by atoms with Gasteiger partial charge in [-0.1, -0.05) is 48.0 Å². The van der Waals surface area contributed by atoms with E-state index in [1.807, 2.05) is 50.2 Å². The van der Waals surface area contributed by atoms with Crippen LogP contribution in [-0.4, -0.2) is 53.4 Å². The molecule has 1 aliphatic heterocycles. The van der Waals surface area contributed by atoms with Crippen molar-refractivity contribution in [3.05, 3.63) is 70.4 Å². The summed E-state index contributed by atoms with van der Waals surface area (Å²) in [6.45, 7) is 8.76. The van der Waals surface area contributed by atoms with Gasteiger partial charge in [0, 0.05) is 49.4 Å². The first-order valence-electron chi connectivity index (χ1n) is 10.3. The summed E-state index contributed by atoms with van der Waals surface area (Å²) in [5, 5.41) is 4.76. The molecule has 0 aliphatic carbocycles. The number of pyridine rings is 1. The van der Waals surface area contributed by atoms with Gasteiger partial charge in [0.1, 0.15) is 5.15 Å².